The summed E-state index contributed by atoms with van der Waals surface area (Å²) < 4.78 is 6.17. The number of benzene rings is 1. The summed E-state index contributed by atoms with van der Waals surface area (Å²) in [5.41, 5.74) is 2.12. The topological polar surface area (TPSA) is 121 Å². The molecule has 3 heterocycles. The molecule has 176 valence electrons. The number of pyridine rings is 2. The van der Waals surface area contributed by atoms with Gasteiger partial charge in [-0.25, -0.2) is 9.97 Å². The SMILES string of the molecule is Cc1ncccc1Oc1cc(SC(CO)c2ccccc2)cnc1Nc1nc(C(O)CO)cs1. The molecule has 0 aliphatic carbocycles. The highest BCUT2D eigenvalue weighted by molar-refractivity contribution is 7.99. The Morgan fingerprint density at radius 2 is 1.88 bits per heavy atom. The van der Waals surface area contributed by atoms with Crippen LogP contribution in [0.4, 0.5) is 10.9 Å². The Labute approximate surface area is 205 Å². The molecule has 0 radical (unpaired) electrons. The van der Waals surface area contributed by atoms with Crippen LogP contribution in [0.1, 0.15) is 28.3 Å². The maximum Gasteiger partial charge on any atom is 0.188 e. The molecule has 4 N–H and O–H groups in total. The Balaban J connectivity index is 1.63. The predicted molar refractivity (Wildman–Crippen MR) is 133 cm³/mol. The predicted octanol–water partition coefficient (Wildman–Crippen LogP) is 4.63. The number of thioether (sulfide) groups is 1. The highest BCUT2D eigenvalue weighted by Crippen LogP contribution is 2.39. The number of rotatable bonds is 10. The van der Waals surface area contributed by atoms with Gasteiger partial charge in [0.25, 0.3) is 0 Å². The Morgan fingerprint density at radius 1 is 1.06 bits per heavy atom. The summed E-state index contributed by atoms with van der Waals surface area (Å²) in [6, 6.07) is 15.3. The van der Waals surface area contributed by atoms with Gasteiger partial charge in [-0.05, 0) is 30.7 Å². The summed E-state index contributed by atoms with van der Waals surface area (Å²) in [4.78, 5) is 14.0. The quantitative estimate of drug-likeness (QED) is 0.233. The summed E-state index contributed by atoms with van der Waals surface area (Å²) in [6.07, 6.45) is 2.36. The van der Waals surface area contributed by atoms with E-state index in [2.05, 4.69) is 20.3 Å². The number of aliphatic hydroxyl groups is 3. The second-order valence-electron chi connectivity index (χ2n) is 7.31. The highest BCUT2D eigenvalue weighted by Gasteiger charge is 2.17. The molecule has 2 unspecified atom stereocenters. The van der Waals surface area contributed by atoms with E-state index < -0.39 is 12.7 Å². The lowest BCUT2D eigenvalue weighted by Crippen LogP contribution is -2.03. The number of hydrogen-bond acceptors (Lipinski definition) is 10. The number of ether oxygens (including phenoxy) is 1. The Kier molecular flexibility index (Phi) is 8.09. The summed E-state index contributed by atoms with van der Waals surface area (Å²) in [7, 11) is 0. The second kappa shape index (κ2) is 11.4. The first-order chi connectivity index (χ1) is 16.6. The van der Waals surface area contributed by atoms with E-state index in [1.165, 1.54) is 23.1 Å². The van der Waals surface area contributed by atoms with Gasteiger partial charge in [-0.3, -0.25) is 4.98 Å². The standard InChI is InChI=1S/C24H24N4O4S2/c1-15-20(8-5-9-25-15)32-21-10-17(34-22(13-30)16-6-3-2-4-7-16)11-26-23(21)28-24-27-18(14-33-24)19(31)12-29/h2-11,14,19,22,29-31H,12-13H2,1H3,(H,26,27,28). The Bertz CT molecular complexity index is 1220. The van der Waals surface area contributed by atoms with Gasteiger partial charge in [0, 0.05) is 22.7 Å². The second-order valence-corrected chi connectivity index (χ2v) is 9.44. The highest BCUT2D eigenvalue weighted by atomic mass is 32.2. The molecular formula is C24H24N4O4S2. The number of aliphatic hydroxyl groups excluding tert-OH is 3. The minimum atomic E-state index is -1.04. The van der Waals surface area contributed by atoms with Crippen molar-refractivity contribution in [2.45, 2.75) is 23.2 Å². The van der Waals surface area contributed by atoms with Crippen LogP contribution in [-0.4, -0.2) is 43.5 Å². The summed E-state index contributed by atoms with van der Waals surface area (Å²) >= 11 is 2.77. The number of nitrogens with zero attached hydrogens (tertiary/aromatic N) is 3. The summed E-state index contributed by atoms with van der Waals surface area (Å²) in [5.74, 6) is 1.49. The van der Waals surface area contributed by atoms with Crippen molar-refractivity contribution in [3.63, 3.8) is 0 Å². The first kappa shape index (κ1) is 24.1. The van der Waals surface area contributed by atoms with Crippen LogP contribution in [-0.2, 0) is 0 Å². The van der Waals surface area contributed by atoms with Crippen LogP contribution in [0, 0.1) is 6.92 Å². The number of aromatic nitrogens is 3. The molecule has 0 aliphatic heterocycles. The molecular weight excluding hydrogens is 472 g/mol. The van der Waals surface area contributed by atoms with Crippen LogP contribution in [0.25, 0.3) is 0 Å². The molecule has 1 aromatic carbocycles. The lowest BCUT2D eigenvalue weighted by Gasteiger charge is -2.17. The zero-order valence-electron chi connectivity index (χ0n) is 18.3. The molecule has 10 heteroatoms. The van der Waals surface area contributed by atoms with Gasteiger partial charge < -0.3 is 25.4 Å². The molecule has 4 rings (SSSR count). The van der Waals surface area contributed by atoms with Crippen molar-refractivity contribution in [3.05, 3.63) is 83.3 Å². The smallest absolute Gasteiger partial charge is 0.188 e. The summed E-state index contributed by atoms with van der Waals surface area (Å²) in [6.45, 7) is 1.42. The van der Waals surface area contributed by atoms with Crippen molar-refractivity contribution in [3.8, 4) is 11.5 Å². The molecule has 0 bridgehead atoms. The summed E-state index contributed by atoms with van der Waals surface area (Å²) in [5, 5.41) is 34.1. The number of anilines is 2. The monoisotopic (exact) mass is 496 g/mol. The number of hydrogen-bond donors (Lipinski definition) is 4. The van der Waals surface area contributed by atoms with Gasteiger partial charge in [0.2, 0.25) is 0 Å². The lowest BCUT2D eigenvalue weighted by atomic mass is 10.2. The molecule has 0 saturated heterocycles. The molecule has 0 amide bonds. The van der Waals surface area contributed by atoms with E-state index in [-0.39, 0.29) is 11.9 Å². The van der Waals surface area contributed by atoms with Crippen molar-refractivity contribution in [2.75, 3.05) is 18.5 Å². The van der Waals surface area contributed by atoms with Gasteiger partial charge >= 0.3 is 0 Å². The van der Waals surface area contributed by atoms with Crippen LogP contribution >= 0.6 is 23.1 Å². The Hall–Kier alpha value is -3.02. The van der Waals surface area contributed by atoms with Crippen molar-refractivity contribution >= 4 is 34.0 Å². The molecule has 0 fully saturated rings. The maximum absolute atomic E-state index is 9.96. The van der Waals surface area contributed by atoms with E-state index in [1.54, 1.807) is 23.8 Å². The van der Waals surface area contributed by atoms with E-state index in [9.17, 15) is 10.2 Å². The average molecular weight is 497 g/mol. The third-order valence-corrected chi connectivity index (χ3v) is 6.86. The fraction of sp³-hybridized carbons (Fsp3) is 0.208. The van der Waals surface area contributed by atoms with Crippen molar-refractivity contribution < 1.29 is 20.1 Å². The van der Waals surface area contributed by atoms with Gasteiger partial charge in [0.1, 0.15) is 11.9 Å². The maximum atomic E-state index is 9.96. The largest absolute Gasteiger partial charge is 0.452 e. The van der Waals surface area contributed by atoms with Crippen LogP contribution in [0.2, 0.25) is 0 Å². The van der Waals surface area contributed by atoms with Crippen molar-refractivity contribution in [1.82, 2.24) is 15.0 Å². The average Bonchev–Trinajstić information content (AvgIpc) is 3.34. The van der Waals surface area contributed by atoms with E-state index in [0.717, 1.165) is 16.2 Å². The third-order valence-electron chi connectivity index (χ3n) is 4.88. The molecule has 2 atom stereocenters. The zero-order valence-corrected chi connectivity index (χ0v) is 20.0. The normalized spacial score (nSPS) is 12.8. The molecule has 3 aromatic heterocycles. The van der Waals surface area contributed by atoms with Crippen LogP contribution in [0.15, 0.2) is 71.2 Å². The van der Waals surface area contributed by atoms with E-state index in [1.807, 2.05) is 49.4 Å². The van der Waals surface area contributed by atoms with E-state index in [0.29, 0.717) is 28.1 Å². The van der Waals surface area contributed by atoms with Crippen LogP contribution < -0.4 is 10.1 Å². The van der Waals surface area contributed by atoms with Gasteiger partial charge in [-0.1, -0.05) is 30.3 Å². The lowest BCUT2D eigenvalue weighted by molar-refractivity contribution is 0.0928. The molecule has 4 aromatic rings. The Morgan fingerprint density at radius 3 is 2.62 bits per heavy atom. The minimum Gasteiger partial charge on any atom is -0.452 e. The van der Waals surface area contributed by atoms with E-state index in [4.69, 9.17) is 9.84 Å². The number of nitrogens with one attached hydrogen (secondary N) is 1. The first-order valence-corrected chi connectivity index (χ1v) is 12.3. The molecule has 34 heavy (non-hydrogen) atoms. The fourth-order valence-electron chi connectivity index (χ4n) is 3.09. The fourth-order valence-corrected chi connectivity index (χ4v) is 4.83. The number of aryl methyl sites for hydroxylation is 1. The van der Waals surface area contributed by atoms with Gasteiger partial charge in [0.05, 0.1) is 29.9 Å². The van der Waals surface area contributed by atoms with Gasteiger partial charge in [-0.2, -0.15) is 0 Å². The minimum absolute atomic E-state index is 0.0261. The van der Waals surface area contributed by atoms with Gasteiger partial charge in [-0.15, -0.1) is 23.1 Å². The van der Waals surface area contributed by atoms with Crippen molar-refractivity contribution in [2.24, 2.45) is 0 Å². The van der Waals surface area contributed by atoms with Crippen molar-refractivity contribution in [1.29, 1.82) is 0 Å². The molecule has 0 aliphatic rings. The van der Waals surface area contributed by atoms with E-state index >= 15 is 0 Å². The molecule has 0 spiro atoms. The zero-order chi connectivity index (χ0) is 23.9. The van der Waals surface area contributed by atoms with Crippen LogP contribution in [0.3, 0.4) is 0 Å². The van der Waals surface area contributed by atoms with Gasteiger partial charge in [0.15, 0.2) is 16.7 Å². The molecule has 0 saturated carbocycles. The number of thiazole rings is 1. The van der Waals surface area contributed by atoms with Crippen LogP contribution in [0.5, 0.6) is 11.5 Å². The molecule has 8 nitrogen and oxygen atoms in total. The first-order valence-electron chi connectivity index (χ1n) is 10.5. The third kappa shape index (κ3) is 5.91.